The molecule has 0 aromatic carbocycles. The van der Waals surface area contributed by atoms with Gasteiger partial charge in [-0.2, -0.15) is 0 Å². The molecule has 0 aliphatic rings. The topological polar surface area (TPSA) is 80.5 Å². The number of rotatable bonds is 8. The highest BCUT2D eigenvalue weighted by Crippen LogP contribution is 2.13. The van der Waals surface area contributed by atoms with E-state index in [4.69, 9.17) is 10.6 Å². The van der Waals surface area contributed by atoms with Crippen LogP contribution in [0.1, 0.15) is 36.3 Å². The fourth-order valence-electron chi connectivity index (χ4n) is 1.84. The third kappa shape index (κ3) is 4.79. The first kappa shape index (κ1) is 16.4. The molecule has 0 unspecified atom stereocenters. The van der Waals surface area contributed by atoms with Gasteiger partial charge in [0, 0.05) is 31.5 Å². The number of likely N-dealkylation sites (N-methyl/N-ethyl adjacent to an activating group) is 1. The lowest BCUT2D eigenvalue weighted by atomic mass is 10.1. The monoisotopic (exact) mass is 280 g/mol. The van der Waals surface area contributed by atoms with E-state index in [1.165, 1.54) is 0 Å². The Morgan fingerprint density at radius 2 is 2.20 bits per heavy atom. The standard InChI is InChI=1S/C14H24N4O2/c1-4-6-12-9-11(10-13(16-12)17-15)14(19)18(3)7-8-20-5-2/h9-10H,4-8,15H2,1-3H3,(H,16,17). The molecule has 0 aliphatic carbocycles. The van der Waals surface area contributed by atoms with Crippen LogP contribution in [0.25, 0.3) is 0 Å². The summed E-state index contributed by atoms with van der Waals surface area (Å²) in [6.45, 7) is 5.75. The molecule has 3 N–H and O–H groups in total. The van der Waals surface area contributed by atoms with E-state index in [2.05, 4.69) is 17.3 Å². The Kier molecular flexibility index (Phi) is 6.97. The SMILES string of the molecule is CCCc1cc(C(=O)N(C)CCOCC)cc(NN)n1. The summed E-state index contributed by atoms with van der Waals surface area (Å²) in [6.07, 6.45) is 1.79. The van der Waals surface area contributed by atoms with E-state index in [1.807, 2.05) is 13.0 Å². The van der Waals surface area contributed by atoms with E-state index >= 15 is 0 Å². The average molecular weight is 280 g/mol. The number of hydrogen-bond donors (Lipinski definition) is 2. The first-order chi connectivity index (χ1) is 9.62. The largest absolute Gasteiger partial charge is 0.380 e. The summed E-state index contributed by atoms with van der Waals surface area (Å²) in [6, 6.07) is 3.49. The Labute approximate surface area is 120 Å². The van der Waals surface area contributed by atoms with Crippen LogP contribution < -0.4 is 11.3 Å². The Balaban J connectivity index is 2.82. The molecule has 0 bridgehead atoms. The Morgan fingerprint density at radius 3 is 2.80 bits per heavy atom. The molecule has 0 saturated heterocycles. The third-order valence-electron chi connectivity index (χ3n) is 2.90. The first-order valence-corrected chi connectivity index (χ1v) is 6.93. The maximum absolute atomic E-state index is 12.3. The molecule has 112 valence electrons. The van der Waals surface area contributed by atoms with Crippen molar-refractivity contribution in [3.8, 4) is 0 Å². The quantitative estimate of drug-likeness (QED) is 0.428. The van der Waals surface area contributed by atoms with Crippen molar-refractivity contribution in [1.82, 2.24) is 9.88 Å². The predicted octanol–water partition coefficient (Wildman–Crippen LogP) is 1.43. The molecule has 1 heterocycles. The highest BCUT2D eigenvalue weighted by Gasteiger charge is 2.14. The number of hydrazine groups is 1. The Morgan fingerprint density at radius 1 is 1.45 bits per heavy atom. The molecule has 20 heavy (non-hydrogen) atoms. The van der Waals surface area contributed by atoms with E-state index in [0.29, 0.717) is 31.1 Å². The second-order valence-electron chi connectivity index (χ2n) is 4.55. The maximum atomic E-state index is 12.3. The van der Waals surface area contributed by atoms with Crippen LogP contribution in [-0.4, -0.2) is 42.6 Å². The molecule has 0 radical (unpaired) electrons. The van der Waals surface area contributed by atoms with Crippen LogP contribution in [0.15, 0.2) is 12.1 Å². The van der Waals surface area contributed by atoms with Crippen molar-refractivity contribution in [2.75, 3.05) is 32.2 Å². The van der Waals surface area contributed by atoms with Gasteiger partial charge in [0.1, 0.15) is 5.82 Å². The van der Waals surface area contributed by atoms with Gasteiger partial charge in [-0.05, 0) is 25.5 Å². The number of nitrogens with zero attached hydrogens (tertiary/aromatic N) is 2. The second kappa shape index (κ2) is 8.50. The number of nitrogens with two attached hydrogens (primary N) is 1. The molecular weight excluding hydrogens is 256 g/mol. The Hall–Kier alpha value is -1.66. The van der Waals surface area contributed by atoms with Crippen LogP contribution in [0.2, 0.25) is 0 Å². The van der Waals surface area contributed by atoms with Crippen LogP contribution in [0.5, 0.6) is 0 Å². The lowest BCUT2D eigenvalue weighted by Gasteiger charge is -2.18. The zero-order chi connectivity index (χ0) is 15.0. The van der Waals surface area contributed by atoms with Crippen molar-refractivity contribution < 1.29 is 9.53 Å². The molecule has 0 atom stereocenters. The summed E-state index contributed by atoms with van der Waals surface area (Å²) in [5, 5.41) is 0. The van der Waals surface area contributed by atoms with E-state index in [1.54, 1.807) is 18.0 Å². The number of carbonyl (C=O) groups excluding carboxylic acids is 1. The molecule has 0 saturated carbocycles. The van der Waals surface area contributed by atoms with Gasteiger partial charge in [0.2, 0.25) is 0 Å². The molecule has 0 fully saturated rings. The Bertz CT molecular complexity index is 437. The van der Waals surface area contributed by atoms with Crippen LogP contribution >= 0.6 is 0 Å². The number of hydrogen-bond acceptors (Lipinski definition) is 5. The third-order valence-corrected chi connectivity index (χ3v) is 2.90. The number of amides is 1. The predicted molar refractivity (Wildman–Crippen MR) is 79.5 cm³/mol. The molecule has 0 aliphatic heterocycles. The summed E-state index contributed by atoms with van der Waals surface area (Å²) in [4.78, 5) is 18.3. The van der Waals surface area contributed by atoms with Crippen LogP contribution in [0, 0.1) is 0 Å². The number of carbonyl (C=O) groups is 1. The van der Waals surface area contributed by atoms with Crippen molar-refractivity contribution >= 4 is 11.7 Å². The average Bonchev–Trinajstić information content (AvgIpc) is 2.46. The number of anilines is 1. The molecule has 6 heteroatoms. The fourth-order valence-corrected chi connectivity index (χ4v) is 1.84. The highest BCUT2D eigenvalue weighted by molar-refractivity contribution is 5.94. The lowest BCUT2D eigenvalue weighted by Crippen LogP contribution is -2.30. The molecule has 6 nitrogen and oxygen atoms in total. The van der Waals surface area contributed by atoms with Gasteiger partial charge in [0.15, 0.2) is 0 Å². The van der Waals surface area contributed by atoms with Crippen molar-refractivity contribution in [3.05, 3.63) is 23.4 Å². The van der Waals surface area contributed by atoms with Crippen molar-refractivity contribution in [2.45, 2.75) is 26.7 Å². The number of nitrogens with one attached hydrogen (secondary N) is 1. The molecule has 1 rings (SSSR count). The minimum atomic E-state index is -0.0547. The van der Waals surface area contributed by atoms with E-state index in [0.717, 1.165) is 18.5 Å². The van der Waals surface area contributed by atoms with Gasteiger partial charge in [0.05, 0.1) is 6.61 Å². The van der Waals surface area contributed by atoms with Gasteiger partial charge in [-0.3, -0.25) is 4.79 Å². The van der Waals surface area contributed by atoms with E-state index in [9.17, 15) is 4.79 Å². The van der Waals surface area contributed by atoms with Gasteiger partial charge < -0.3 is 15.1 Å². The van der Waals surface area contributed by atoms with Crippen LogP contribution in [-0.2, 0) is 11.2 Å². The van der Waals surface area contributed by atoms with Gasteiger partial charge in [-0.25, -0.2) is 10.8 Å². The molecular formula is C14H24N4O2. The van der Waals surface area contributed by atoms with Crippen LogP contribution in [0.4, 0.5) is 5.82 Å². The number of aromatic nitrogens is 1. The summed E-state index contributed by atoms with van der Waals surface area (Å²) in [5.74, 6) is 5.86. The number of pyridine rings is 1. The zero-order valence-electron chi connectivity index (χ0n) is 12.5. The normalized spacial score (nSPS) is 10.4. The summed E-state index contributed by atoms with van der Waals surface area (Å²) in [5.41, 5.74) is 3.96. The second-order valence-corrected chi connectivity index (χ2v) is 4.55. The lowest BCUT2D eigenvalue weighted by molar-refractivity contribution is 0.0710. The van der Waals surface area contributed by atoms with Gasteiger partial charge in [0.25, 0.3) is 5.91 Å². The molecule has 1 amide bonds. The minimum absolute atomic E-state index is 0.0547. The minimum Gasteiger partial charge on any atom is -0.380 e. The number of aryl methyl sites for hydroxylation is 1. The molecule has 1 aromatic heterocycles. The number of ether oxygens (including phenoxy) is 1. The molecule has 0 spiro atoms. The smallest absolute Gasteiger partial charge is 0.253 e. The summed E-state index contributed by atoms with van der Waals surface area (Å²) in [7, 11) is 1.76. The van der Waals surface area contributed by atoms with Gasteiger partial charge in [-0.15, -0.1) is 0 Å². The van der Waals surface area contributed by atoms with Crippen molar-refractivity contribution in [2.24, 2.45) is 5.84 Å². The zero-order valence-corrected chi connectivity index (χ0v) is 12.5. The van der Waals surface area contributed by atoms with Crippen molar-refractivity contribution in [1.29, 1.82) is 0 Å². The fraction of sp³-hybridized carbons (Fsp3) is 0.571. The maximum Gasteiger partial charge on any atom is 0.253 e. The van der Waals surface area contributed by atoms with Crippen LogP contribution in [0.3, 0.4) is 0 Å². The van der Waals surface area contributed by atoms with Crippen molar-refractivity contribution in [3.63, 3.8) is 0 Å². The summed E-state index contributed by atoms with van der Waals surface area (Å²) < 4.78 is 5.26. The van der Waals surface area contributed by atoms with Gasteiger partial charge >= 0.3 is 0 Å². The molecule has 1 aromatic rings. The first-order valence-electron chi connectivity index (χ1n) is 6.93. The highest BCUT2D eigenvalue weighted by atomic mass is 16.5. The van der Waals surface area contributed by atoms with E-state index < -0.39 is 0 Å². The van der Waals surface area contributed by atoms with E-state index in [-0.39, 0.29) is 5.91 Å². The number of nitrogen functional groups attached to an aromatic ring is 1. The summed E-state index contributed by atoms with van der Waals surface area (Å²) >= 11 is 0. The van der Waals surface area contributed by atoms with Gasteiger partial charge in [-0.1, -0.05) is 13.3 Å².